The molecule has 6 heteroatoms. The van der Waals surface area contributed by atoms with Gasteiger partial charge in [0.1, 0.15) is 0 Å². The molecular weight excluding hydrogens is 336 g/mol. The van der Waals surface area contributed by atoms with E-state index in [1.54, 1.807) is 11.3 Å². The van der Waals surface area contributed by atoms with E-state index in [-0.39, 0.29) is 18.3 Å². The molecule has 1 amide bonds. The van der Waals surface area contributed by atoms with Crippen LogP contribution in [0.2, 0.25) is 0 Å². The predicted molar refractivity (Wildman–Crippen MR) is 81.6 cm³/mol. The summed E-state index contributed by atoms with van der Waals surface area (Å²) in [5, 5.41) is 3.32. The fraction of sp³-hybridized carbons (Fsp3) is 0.583. The third kappa shape index (κ3) is 4.23. The zero-order chi connectivity index (χ0) is 12.3. The number of hydrogen-bond acceptors (Lipinski definition) is 3. The van der Waals surface area contributed by atoms with Crippen molar-refractivity contribution in [3.8, 4) is 0 Å². The van der Waals surface area contributed by atoms with Gasteiger partial charge in [0, 0.05) is 18.0 Å². The number of carbonyl (C=O) groups is 1. The van der Waals surface area contributed by atoms with Crippen LogP contribution in [0.4, 0.5) is 0 Å². The smallest absolute Gasteiger partial charge is 0.227 e. The molecule has 1 saturated heterocycles. The molecule has 0 aromatic carbocycles. The Hall–Kier alpha value is -0.100. The summed E-state index contributed by atoms with van der Waals surface area (Å²) in [4.78, 5) is 15.2. The van der Waals surface area contributed by atoms with Gasteiger partial charge >= 0.3 is 0 Å². The lowest BCUT2D eigenvalue weighted by Crippen LogP contribution is -2.44. The fourth-order valence-electron chi connectivity index (χ4n) is 2.12. The van der Waals surface area contributed by atoms with Gasteiger partial charge in [-0.05, 0) is 54.0 Å². The topological polar surface area (TPSA) is 32.3 Å². The van der Waals surface area contributed by atoms with E-state index in [0.29, 0.717) is 12.5 Å². The predicted octanol–water partition coefficient (Wildman–Crippen LogP) is 2.69. The monoisotopic (exact) mass is 352 g/mol. The number of nitrogens with zero attached hydrogens (tertiary/aromatic N) is 1. The van der Waals surface area contributed by atoms with Crippen LogP contribution in [0.3, 0.4) is 0 Å². The Labute approximate surface area is 126 Å². The van der Waals surface area contributed by atoms with Gasteiger partial charge in [-0.15, -0.1) is 23.7 Å². The van der Waals surface area contributed by atoms with E-state index < -0.39 is 0 Å². The molecule has 0 saturated carbocycles. The summed E-state index contributed by atoms with van der Waals surface area (Å²) in [5.74, 6) is 0.228. The summed E-state index contributed by atoms with van der Waals surface area (Å²) in [6, 6.07) is 4.42. The van der Waals surface area contributed by atoms with E-state index in [9.17, 15) is 4.79 Å². The van der Waals surface area contributed by atoms with Crippen molar-refractivity contribution in [2.45, 2.75) is 25.3 Å². The maximum Gasteiger partial charge on any atom is 0.227 e. The average molecular weight is 354 g/mol. The molecule has 0 bridgehead atoms. The highest BCUT2D eigenvalue weighted by Crippen LogP contribution is 2.23. The van der Waals surface area contributed by atoms with Gasteiger partial charge in [-0.2, -0.15) is 0 Å². The highest BCUT2D eigenvalue weighted by atomic mass is 79.9. The molecule has 0 atom stereocenters. The van der Waals surface area contributed by atoms with Gasteiger partial charge in [-0.1, -0.05) is 0 Å². The van der Waals surface area contributed by atoms with Crippen molar-refractivity contribution in [1.82, 2.24) is 10.2 Å². The third-order valence-corrected chi connectivity index (χ3v) is 4.83. The largest absolute Gasteiger partial charge is 0.342 e. The first-order valence-electron chi connectivity index (χ1n) is 5.87. The van der Waals surface area contributed by atoms with E-state index >= 15 is 0 Å². The minimum absolute atomic E-state index is 0. The zero-order valence-corrected chi connectivity index (χ0v) is 13.5. The van der Waals surface area contributed by atoms with Gasteiger partial charge in [0.2, 0.25) is 5.91 Å². The van der Waals surface area contributed by atoms with E-state index in [1.165, 1.54) is 0 Å². The lowest BCUT2D eigenvalue weighted by molar-refractivity contribution is -0.131. The minimum atomic E-state index is 0. The van der Waals surface area contributed by atoms with Crippen molar-refractivity contribution in [3.63, 3.8) is 0 Å². The van der Waals surface area contributed by atoms with Gasteiger partial charge in [0.15, 0.2) is 0 Å². The normalized spacial score (nSPS) is 16.1. The Morgan fingerprint density at radius 2 is 2.17 bits per heavy atom. The highest BCUT2D eigenvalue weighted by molar-refractivity contribution is 9.11. The van der Waals surface area contributed by atoms with Crippen LogP contribution in [0.5, 0.6) is 0 Å². The van der Waals surface area contributed by atoms with Crippen molar-refractivity contribution in [2.24, 2.45) is 0 Å². The molecule has 1 aromatic heterocycles. The minimum Gasteiger partial charge on any atom is -0.342 e. The number of amides is 1. The Bertz CT molecular complexity index is 393. The van der Waals surface area contributed by atoms with Crippen molar-refractivity contribution >= 4 is 45.6 Å². The van der Waals surface area contributed by atoms with Crippen LogP contribution in [-0.2, 0) is 11.2 Å². The van der Waals surface area contributed by atoms with E-state index in [2.05, 4.69) is 21.2 Å². The van der Waals surface area contributed by atoms with Gasteiger partial charge in [0.05, 0.1) is 10.2 Å². The number of rotatable bonds is 3. The Morgan fingerprint density at radius 1 is 1.50 bits per heavy atom. The Kier molecular flexibility index (Phi) is 6.63. The molecule has 2 rings (SSSR count). The molecule has 1 fully saturated rings. The van der Waals surface area contributed by atoms with E-state index in [0.717, 1.165) is 34.6 Å². The first kappa shape index (κ1) is 16.0. The van der Waals surface area contributed by atoms with Gasteiger partial charge in [-0.3, -0.25) is 4.79 Å². The van der Waals surface area contributed by atoms with Crippen LogP contribution in [0.1, 0.15) is 17.7 Å². The SMILES string of the molecule is CN(C(=O)Cc1ccc(Br)s1)C1CCNCC1.Cl. The van der Waals surface area contributed by atoms with E-state index in [1.807, 2.05) is 24.1 Å². The molecular formula is C12H18BrClN2OS. The molecule has 1 N–H and O–H groups in total. The standard InChI is InChI=1S/C12H17BrN2OS.ClH/c1-15(9-4-6-14-7-5-9)12(16)8-10-2-3-11(13)17-10;/h2-3,9,14H,4-8H2,1H3;1H. The second kappa shape index (κ2) is 7.48. The van der Waals surface area contributed by atoms with Crippen LogP contribution in [0, 0.1) is 0 Å². The fourth-order valence-corrected chi connectivity index (χ4v) is 3.59. The molecule has 1 aliphatic heterocycles. The third-order valence-electron chi connectivity index (χ3n) is 3.20. The van der Waals surface area contributed by atoms with Crippen LogP contribution in [0.15, 0.2) is 15.9 Å². The van der Waals surface area contributed by atoms with Gasteiger partial charge in [-0.25, -0.2) is 0 Å². The van der Waals surface area contributed by atoms with Crippen molar-refractivity contribution in [1.29, 1.82) is 0 Å². The van der Waals surface area contributed by atoms with Crippen molar-refractivity contribution in [2.75, 3.05) is 20.1 Å². The second-order valence-electron chi connectivity index (χ2n) is 4.37. The molecule has 102 valence electrons. The molecule has 3 nitrogen and oxygen atoms in total. The molecule has 2 heterocycles. The number of carbonyl (C=O) groups excluding carboxylic acids is 1. The summed E-state index contributed by atoms with van der Waals surface area (Å²) in [5.41, 5.74) is 0. The number of thiophene rings is 1. The van der Waals surface area contributed by atoms with Gasteiger partial charge in [0.25, 0.3) is 0 Å². The maximum atomic E-state index is 12.1. The van der Waals surface area contributed by atoms with Crippen LogP contribution >= 0.6 is 39.7 Å². The Morgan fingerprint density at radius 3 is 2.72 bits per heavy atom. The quantitative estimate of drug-likeness (QED) is 0.906. The summed E-state index contributed by atoms with van der Waals surface area (Å²) >= 11 is 5.06. The van der Waals surface area contributed by atoms with E-state index in [4.69, 9.17) is 0 Å². The maximum absolute atomic E-state index is 12.1. The first-order valence-corrected chi connectivity index (χ1v) is 7.48. The molecule has 0 radical (unpaired) electrons. The summed E-state index contributed by atoms with van der Waals surface area (Å²) in [6.07, 6.45) is 2.66. The summed E-state index contributed by atoms with van der Waals surface area (Å²) < 4.78 is 1.09. The molecule has 18 heavy (non-hydrogen) atoms. The molecule has 1 aliphatic rings. The van der Waals surface area contributed by atoms with Crippen molar-refractivity contribution < 1.29 is 4.79 Å². The first-order chi connectivity index (χ1) is 8.16. The number of likely N-dealkylation sites (N-methyl/N-ethyl adjacent to an activating group) is 1. The highest BCUT2D eigenvalue weighted by Gasteiger charge is 2.22. The lowest BCUT2D eigenvalue weighted by Gasteiger charge is -2.31. The van der Waals surface area contributed by atoms with Crippen LogP contribution in [0.25, 0.3) is 0 Å². The van der Waals surface area contributed by atoms with Crippen LogP contribution in [-0.4, -0.2) is 37.0 Å². The summed E-state index contributed by atoms with van der Waals surface area (Å²) in [7, 11) is 1.93. The number of hydrogen-bond donors (Lipinski definition) is 1. The molecule has 0 aliphatic carbocycles. The number of halogens is 2. The molecule has 1 aromatic rings. The number of piperidine rings is 1. The number of nitrogens with one attached hydrogen (secondary N) is 1. The molecule has 0 unspecified atom stereocenters. The van der Waals surface area contributed by atoms with Crippen molar-refractivity contribution in [3.05, 3.63) is 20.8 Å². The zero-order valence-electron chi connectivity index (χ0n) is 10.3. The second-order valence-corrected chi connectivity index (χ2v) is 6.92. The average Bonchev–Trinajstić information content (AvgIpc) is 2.75. The lowest BCUT2D eigenvalue weighted by atomic mass is 10.1. The van der Waals surface area contributed by atoms with Crippen LogP contribution < -0.4 is 5.32 Å². The van der Waals surface area contributed by atoms with Gasteiger partial charge < -0.3 is 10.2 Å². The Balaban J connectivity index is 0.00000162. The molecule has 0 spiro atoms. The summed E-state index contributed by atoms with van der Waals surface area (Å²) in [6.45, 7) is 2.04.